The maximum Gasteiger partial charge on any atom is 0.323 e. The summed E-state index contributed by atoms with van der Waals surface area (Å²) in [6.07, 6.45) is 4.17. The molecule has 1 rings (SSSR count). The Labute approximate surface area is 90.2 Å². The molecule has 0 aromatic rings. The molecule has 0 aliphatic carbocycles. The summed E-state index contributed by atoms with van der Waals surface area (Å²) in [4.78, 5) is 13.6. The monoisotopic (exact) mass is 217 g/mol. The molecule has 4 heteroatoms. The Morgan fingerprint density at radius 1 is 1.71 bits per heavy atom. The summed E-state index contributed by atoms with van der Waals surface area (Å²) in [5.41, 5.74) is 0. The van der Waals surface area contributed by atoms with E-state index in [-0.39, 0.29) is 12.0 Å². The normalized spacial score (nSPS) is 24.1. The number of hydrogen-bond acceptors (Lipinski definition) is 4. The van der Waals surface area contributed by atoms with Gasteiger partial charge < -0.3 is 4.74 Å². The maximum absolute atomic E-state index is 11.4. The quantitative estimate of drug-likeness (QED) is 0.651. The number of carbonyl (C=O) groups excluding carboxylic acids is 1. The number of esters is 1. The Morgan fingerprint density at radius 2 is 2.43 bits per heavy atom. The van der Waals surface area contributed by atoms with Gasteiger partial charge in [-0.25, -0.2) is 0 Å². The van der Waals surface area contributed by atoms with Crippen LogP contribution in [0.3, 0.4) is 0 Å². The standard InChI is InChI=1S/C10H19NO2S/c1-4-8(7-14-3)11-6-5-9(11)10(12)13-2/h8-9H,4-7H2,1-3H3. The summed E-state index contributed by atoms with van der Waals surface area (Å²) in [6.45, 7) is 3.21. The predicted molar refractivity (Wildman–Crippen MR) is 59.6 cm³/mol. The molecule has 82 valence electrons. The Morgan fingerprint density at radius 3 is 2.79 bits per heavy atom. The van der Waals surface area contributed by atoms with Crippen LogP contribution in [0.5, 0.6) is 0 Å². The largest absolute Gasteiger partial charge is 0.468 e. The Kier molecular flexibility index (Phi) is 4.75. The summed E-state index contributed by atoms with van der Waals surface area (Å²) in [5, 5.41) is 0. The van der Waals surface area contributed by atoms with Crippen LogP contribution < -0.4 is 0 Å². The lowest BCUT2D eigenvalue weighted by Crippen LogP contribution is -2.57. The van der Waals surface area contributed by atoms with Crippen LogP contribution in [0.15, 0.2) is 0 Å². The number of nitrogens with zero attached hydrogens (tertiary/aromatic N) is 1. The van der Waals surface area contributed by atoms with Crippen LogP contribution in [0.1, 0.15) is 19.8 Å². The van der Waals surface area contributed by atoms with Gasteiger partial charge in [0.1, 0.15) is 6.04 Å². The van der Waals surface area contributed by atoms with Crippen LogP contribution in [-0.2, 0) is 9.53 Å². The molecule has 0 spiro atoms. The highest BCUT2D eigenvalue weighted by Crippen LogP contribution is 2.24. The SMILES string of the molecule is CCC(CSC)N1CCC1C(=O)OC. The van der Waals surface area contributed by atoms with E-state index in [1.165, 1.54) is 7.11 Å². The summed E-state index contributed by atoms with van der Waals surface area (Å²) in [7, 11) is 1.47. The first kappa shape index (κ1) is 11.9. The van der Waals surface area contributed by atoms with Gasteiger partial charge in [-0.3, -0.25) is 9.69 Å². The first-order chi connectivity index (χ1) is 6.74. The minimum Gasteiger partial charge on any atom is -0.468 e. The zero-order valence-electron chi connectivity index (χ0n) is 9.16. The molecule has 0 amide bonds. The minimum absolute atomic E-state index is 0.0251. The van der Waals surface area contributed by atoms with Gasteiger partial charge in [-0.1, -0.05) is 6.92 Å². The van der Waals surface area contributed by atoms with Crippen molar-refractivity contribution in [3.05, 3.63) is 0 Å². The van der Waals surface area contributed by atoms with Crippen molar-refractivity contribution >= 4 is 17.7 Å². The lowest BCUT2D eigenvalue weighted by molar-refractivity contribution is -0.153. The molecule has 3 nitrogen and oxygen atoms in total. The Bertz CT molecular complexity index is 199. The number of likely N-dealkylation sites (tertiary alicyclic amines) is 1. The number of hydrogen-bond donors (Lipinski definition) is 0. The second kappa shape index (κ2) is 5.61. The summed E-state index contributed by atoms with van der Waals surface area (Å²) in [6, 6.07) is 0.556. The molecule has 0 aromatic carbocycles. The van der Waals surface area contributed by atoms with Crippen molar-refractivity contribution in [2.45, 2.75) is 31.8 Å². The topological polar surface area (TPSA) is 29.5 Å². The van der Waals surface area contributed by atoms with E-state index in [2.05, 4.69) is 18.1 Å². The fraction of sp³-hybridized carbons (Fsp3) is 0.900. The first-order valence-corrected chi connectivity index (χ1v) is 6.46. The third-order valence-corrected chi connectivity index (χ3v) is 3.55. The summed E-state index contributed by atoms with van der Waals surface area (Å²) >= 11 is 1.84. The van der Waals surface area contributed by atoms with E-state index in [9.17, 15) is 4.79 Å². The fourth-order valence-corrected chi connectivity index (χ4v) is 2.69. The maximum atomic E-state index is 11.4. The molecular weight excluding hydrogens is 198 g/mol. The third kappa shape index (κ3) is 2.42. The van der Waals surface area contributed by atoms with Gasteiger partial charge in [-0.15, -0.1) is 0 Å². The van der Waals surface area contributed by atoms with E-state index in [1.54, 1.807) is 0 Å². The molecule has 1 fully saturated rings. The van der Waals surface area contributed by atoms with Crippen LogP contribution in [0, 0.1) is 0 Å². The van der Waals surface area contributed by atoms with E-state index < -0.39 is 0 Å². The predicted octanol–water partition coefficient (Wildman–Crippen LogP) is 1.38. The summed E-state index contributed by atoms with van der Waals surface area (Å²) < 4.78 is 4.77. The molecule has 0 aromatic heterocycles. The van der Waals surface area contributed by atoms with Crippen LogP contribution in [0.4, 0.5) is 0 Å². The molecule has 2 unspecified atom stereocenters. The third-order valence-electron chi connectivity index (χ3n) is 2.83. The van der Waals surface area contributed by atoms with E-state index >= 15 is 0 Å². The van der Waals surface area contributed by atoms with Crippen molar-refractivity contribution in [1.82, 2.24) is 4.90 Å². The number of methoxy groups -OCH3 is 1. The van der Waals surface area contributed by atoms with Crippen LogP contribution >= 0.6 is 11.8 Å². The van der Waals surface area contributed by atoms with Gasteiger partial charge in [0, 0.05) is 18.3 Å². The smallest absolute Gasteiger partial charge is 0.323 e. The zero-order chi connectivity index (χ0) is 10.6. The first-order valence-electron chi connectivity index (χ1n) is 5.07. The summed E-state index contributed by atoms with van der Waals surface area (Å²) in [5.74, 6) is 1.03. The molecule has 0 saturated carbocycles. The average Bonchev–Trinajstić information content (AvgIpc) is 2.15. The van der Waals surface area contributed by atoms with E-state index in [0.717, 1.165) is 25.1 Å². The molecule has 14 heavy (non-hydrogen) atoms. The highest BCUT2D eigenvalue weighted by molar-refractivity contribution is 7.98. The van der Waals surface area contributed by atoms with Crippen LogP contribution in [0.2, 0.25) is 0 Å². The highest BCUT2D eigenvalue weighted by atomic mass is 32.2. The molecular formula is C10H19NO2S. The van der Waals surface area contributed by atoms with Crippen molar-refractivity contribution in [3.8, 4) is 0 Å². The highest BCUT2D eigenvalue weighted by Gasteiger charge is 2.38. The van der Waals surface area contributed by atoms with Gasteiger partial charge in [0.25, 0.3) is 0 Å². The van der Waals surface area contributed by atoms with E-state index in [1.807, 2.05) is 11.8 Å². The van der Waals surface area contributed by atoms with Crippen molar-refractivity contribution in [2.75, 3.05) is 25.7 Å². The van der Waals surface area contributed by atoms with E-state index in [0.29, 0.717) is 6.04 Å². The Balaban J connectivity index is 2.47. The van der Waals surface area contributed by atoms with Crippen LogP contribution in [-0.4, -0.2) is 48.6 Å². The average molecular weight is 217 g/mol. The molecule has 2 atom stereocenters. The molecule has 1 saturated heterocycles. The fourth-order valence-electron chi connectivity index (χ4n) is 1.87. The van der Waals surface area contributed by atoms with Crippen molar-refractivity contribution < 1.29 is 9.53 Å². The van der Waals surface area contributed by atoms with Gasteiger partial charge in [0.05, 0.1) is 7.11 Å². The van der Waals surface area contributed by atoms with Gasteiger partial charge in [0.15, 0.2) is 0 Å². The number of rotatable bonds is 5. The molecule has 0 bridgehead atoms. The Hall–Kier alpha value is -0.220. The van der Waals surface area contributed by atoms with Crippen molar-refractivity contribution in [2.24, 2.45) is 0 Å². The number of thioether (sulfide) groups is 1. The van der Waals surface area contributed by atoms with E-state index in [4.69, 9.17) is 4.74 Å². The minimum atomic E-state index is -0.0733. The lowest BCUT2D eigenvalue weighted by atomic mass is 9.99. The molecule has 0 N–H and O–H groups in total. The zero-order valence-corrected chi connectivity index (χ0v) is 9.97. The molecule has 1 heterocycles. The van der Waals surface area contributed by atoms with Gasteiger partial charge in [-0.05, 0) is 19.1 Å². The van der Waals surface area contributed by atoms with Crippen molar-refractivity contribution in [3.63, 3.8) is 0 Å². The van der Waals surface area contributed by atoms with Gasteiger partial charge in [-0.2, -0.15) is 11.8 Å². The lowest BCUT2D eigenvalue weighted by Gasteiger charge is -2.43. The second-order valence-electron chi connectivity index (χ2n) is 3.58. The molecule has 1 aliphatic heterocycles. The number of carbonyl (C=O) groups is 1. The second-order valence-corrected chi connectivity index (χ2v) is 4.49. The van der Waals surface area contributed by atoms with Gasteiger partial charge in [0.2, 0.25) is 0 Å². The number of ether oxygens (including phenoxy) is 1. The van der Waals surface area contributed by atoms with Crippen LogP contribution in [0.25, 0.3) is 0 Å². The van der Waals surface area contributed by atoms with Gasteiger partial charge >= 0.3 is 5.97 Å². The molecule has 0 radical (unpaired) electrons. The van der Waals surface area contributed by atoms with Crippen molar-refractivity contribution in [1.29, 1.82) is 0 Å². The molecule has 1 aliphatic rings.